The number of aromatic nitrogens is 4. The largest absolute Gasteiger partial charge is 0.419 e. The van der Waals surface area contributed by atoms with Gasteiger partial charge in [0.05, 0.1) is 11.3 Å². The summed E-state index contributed by atoms with van der Waals surface area (Å²) in [4.78, 5) is 30.8. The topological polar surface area (TPSA) is 92.7 Å². The molecule has 0 radical (unpaired) electrons. The van der Waals surface area contributed by atoms with Crippen molar-refractivity contribution in [2.75, 3.05) is 5.32 Å². The number of aryl methyl sites for hydroxylation is 2. The molecule has 0 unspecified atom stereocenters. The summed E-state index contributed by atoms with van der Waals surface area (Å²) in [6, 6.07) is 3.63. The summed E-state index contributed by atoms with van der Waals surface area (Å²) < 4.78 is 53.3. The fourth-order valence-corrected chi connectivity index (χ4v) is 3.19. The Morgan fingerprint density at radius 3 is 2.55 bits per heavy atom. The lowest BCUT2D eigenvalue weighted by molar-refractivity contribution is -0.140. The minimum absolute atomic E-state index is 0.0378. The number of nitrogens with one attached hydrogen (secondary N) is 2. The van der Waals surface area contributed by atoms with Crippen LogP contribution in [0.15, 0.2) is 29.1 Å². The zero-order chi connectivity index (χ0) is 22.9. The molecule has 31 heavy (non-hydrogen) atoms. The fraction of sp³-hybridized carbons (Fsp3) is 0.300. The second kappa shape index (κ2) is 8.32. The summed E-state index contributed by atoms with van der Waals surface area (Å²) >= 11 is 0. The van der Waals surface area contributed by atoms with E-state index in [2.05, 4.69) is 20.4 Å². The number of alkyl halides is 3. The molecule has 164 valence electrons. The molecular weight excluding hydrogens is 418 g/mol. The Hall–Kier alpha value is -3.50. The number of halogens is 4. The third kappa shape index (κ3) is 4.98. The number of carbonyl (C=O) groups excluding carboxylic acids is 1. The smallest absolute Gasteiger partial charge is 0.326 e. The zero-order valence-electron chi connectivity index (χ0n) is 16.9. The van der Waals surface area contributed by atoms with Crippen molar-refractivity contribution in [2.24, 2.45) is 0 Å². The third-order valence-corrected chi connectivity index (χ3v) is 4.66. The van der Waals surface area contributed by atoms with Crippen LogP contribution in [0.2, 0.25) is 0 Å². The average Bonchev–Trinajstić information content (AvgIpc) is 2.94. The number of nitrogens with zero attached hydrogens (tertiary/aromatic N) is 3. The normalized spacial score (nSPS) is 11.6. The second-order valence-corrected chi connectivity index (χ2v) is 7.01. The summed E-state index contributed by atoms with van der Waals surface area (Å²) in [5.74, 6) is -1.70. The molecule has 0 spiro atoms. The van der Waals surface area contributed by atoms with Crippen molar-refractivity contribution < 1.29 is 22.4 Å². The van der Waals surface area contributed by atoms with Crippen LogP contribution in [0.1, 0.15) is 34.6 Å². The third-order valence-electron chi connectivity index (χ3n) is 4.66. The van der Waals surface area contributed by atoms with Crippen LogP contribution in [0.3, 0.4) is 0 Å². The van der Waals surface area contributed by atoms with Crippen LogP contribution in [0, 0.1) is 26.6 Å². The van der Waals surface area contributed by atoms with E-state index < -0.39 is 23.5 Å². The standard InChI is InChI=1S/C20H19F4N5O2/c1-10-8-18(31)27-19(25-10)29-12(3)14(11(2)28-29)5-7-17(30)26-13-4-6-16(21)15(9-13)20(22,23)24/h4,6,8-9H,5,7H2,1-3H3,(H,26,30)(H,25,27,31). The van der Waals surface area contributed by atoms with Crippen molar-refractivity contribution in [3.05, 3.63) is 68.6 Å². The van der Waals surface area contributed by atoms with Gasteiger partial charge in [-0.15, -0.1) is 0 Å². The number of anilines is 1. The van der Waals surface area contributed by atoms with Crippen molar-refractivity contribution in [1.29, 1.82) is 0 Å². The maximum Gasteiger partial charge on any atom is 0.419 e. The first-order chi connectivity index (χ1) is 14.5. The Morgan fingerprint density at radius 2 is 1.90 bits per heavy atom. The lowest BCUT2D eigenvalue weighted by Gasteiger charge is -2.11. The van der Waals surface area contributed by atoms with Crippen LogP contribution < -0.4 is 10.9 Å². The molecule has 0 saturated heterocycles. The van der Waals surface area contributed by atoms with Gasteiger partial charge >= 0.3 is 6.18 Å². The highest BCUT2D eigenvalue weighted by atomic mass is 19.4. The van der Waals surface area contributed by atoms with E-state index in [0.717, 1.165) is 11.6 Å². The first kappa shape index (κ1) is 22.2. The first-order valence-electron chi connectivity index (χ1n) is 9.25. The molecule has 0 atom stereocenters. The van der Waals surface area contributed by atoms with E-state index in [1.165, 1.54) is 10.7 Å². The molecule has 1 aromatic carbocycles. The molecule has 7 nitrogen and oxygen atoms in total. The molecule has 2 aromatic heterocycles. The van der Waals surface area contributed by atoms with Crippen LogP contribution >= 0.6 is 0 Å². The quantitative estimate of drug-likeness (QED) is 0.597. The van der Waals surface area contributed by atoms with E-state index in [1.807, 2.05) is 0 Å². The van der Waals surface area contributed by atoms with Gasteiger partial charge in [0.15, 0.2) is 0 Å². The molecule has 0 aliphatic rings. The van der Waals surface area contributed by atoms with Crippen LogP contribution in [0.5, 0.6) is 0 Å². The SMILES string of the molecule is Cc1cc(=O)[nH]c(-n2nc(C)c(CCC(=O)Nc3ccc(F)c(C(F)(F)F)c3)c2C)n1. The number of aromatic amines is 1. The van der Waals surface area contributed by atoms with Crippen LogP contribution in [-0.4, -0.2) is 25.7 Å². The van der Waals surface area contributed by atoms with E-state index in [-0.39, 0.29) is 30.0 Å². The first-order valence-corrected chi connectivity index (χ1v) is 9.25. The molecule has 0 aliphatic carbocycles. The van der Waals surface area contributed by atoms with Gasteiger partial charge in [-0.2, -0.15) is 18.3 Å². The van der Waals surface area contributed by atoms with Gasteiger partial charge in [0.1, 0.15) is 5.82 Å². The number of benzene rings is 1. The second-order valence-electron chi connectivity index (χ2n) is 7.01. The average molecular weight is 437 g/mol. The van der Waals surface area contributed by atoms with Crippen molar-refractivity contribution >= 4 is 11.6 Å². The number of hydrogen-bond donors (Lipinski definition) is 2. The maximum absolute atomic E-state index is 13.4. The van der Waals surface area contributed by atoms with Gasteiger partial charge in [-0.1, -0.05) is 0 Å². The Kier molecular flexibility index (Phi) is 5.96. The molecule has 0 fully saturated rings. The van der Waals surface area contributed by atoms with Gasteiger partial charge in [0.25, 0.3) is 5.56 Å². The number of H-pyrrole nitrogens is 1. The fourth-order valence-electron chi connectivity index (χ4n) is 3.19. The summed E-state index contributed by atoms with van der Waals surface area (Å²) in [5, 5.41) is 6.71. The van der Waals surface area contributed by atoms with Crippen LogP contribution in [0.25, 0.3) is 5.95 Å². The predicted molar refractivity (Wildman–Crippen MR) is 105 cm³/mol. The lowest BCUT2D eigenvalue weighted by Crippen LogP contribution is -2.15. The van der Waals surface area contributed by atoms with Gasteiger partial charge in [0.2, 0.25) is 11.9 Å². The molecule has 1 amide bonds. The van der Waals surface area contributed by atoms with Crippen LogP contribution in [0.4, 0.5) is 23.2 Å². The minimum atomic E-state index is -4.86. The van der Waals surface area contributed by atoms with Crippen molar-refractivity contribution in [3.63, 3.8) is 0 Å². The van der Waals surface area contributed by atoms with Gasteiger partial charge < -0.3 is 5.32 Å². The molecule has 3 aromatic rings. The molecular formula is C20H19F4N5O2. The molecule has 2 N–H and O–H groups in total. The highest BCUT2D eigenvalue weighted by Crippen LogP contribution is 2.33. The molecule has 0 saturated carbocycles. The van der Waals surface area contributed by atoms with E-state index in [0.29, 0.717) is 29.2 Å². The van der Waals surface area contributed by atoms with Gasteiger partial charge in [-0.3, -0.25) is 14.6 Å². The Balaban J connectivity index is 1.74. The highest BCUT2D eigenvalue weighted by molar-refractivity contribution is 5.91. The summed E-state index contributed by atoms with van der Waals surface area (Å²) in [6.45, 7) is 5.17. The van der Waals surface area contributed by atoms with E-state index >= 15 is 0 Å². The zero-order valence-corrected chi connectivity index (χ0v) is 16.9. The van der Waals surface area contributed by atoms with E-state index in [1.54, 1.807) is 20.8 Å². The number of amides is 1. The number of rotatable bonds is 5. The lowest BCUT2D eigenvalue weighted by atomic mass is 10.1. The minimum Gasteiger partial charge on any atom is -0.326 e. The van der Waals surface area contributed by atoms with Gasteiger partial charge in [-0.25, -0.2) is 14.1 Å². The molecule has 0 bridgehead atoms. The van der Waals surface area contributed by atoms with E-state index in [9.17, 15) is 27.2 Å². The van der Waals surface area contributed by atoms with Gasteiger partial charge in [0, 0.05) is 29.6 Å². The summed E-state index contributed by atoms with van der Waals surface area (Å²) in [6.07, 6.45) is -4.64. The van der Waals surface area contributed by atoms with Crippen molar-refractivity contribution in [3.8, 4) is 5.95 Å². The van der Waals surface area contributed by atoms with Crippen molar-refractivity contribution in [1.82, 2.24) is 19.7 Å². The van der Waals surface area contributed by atoms with Crippen LogP contribution in [-0.2, 0) is 17.4 Å². The monoisotopic (exact) mass is 437 g/mol. The van der Waals surface area contributed by atoms with Crippen molar-refractivity contribution in [2.45, 2.75) is 39.8 Å². The summed E-state index contributed by atoms with van der Waals surface area (Å²) in [5.41, 5.74) is 0.630. The highest BCUT2D eigenvalue weighted by Gasteiger charge is 2.34. The Bertz CT molecular complexity index is 1200. The number of hydrogen-bond acceptors (Lipinski definition) is 4. The number of carbonyl (C=O) groups is 1. The molecule has 3 rings (SSSR count). The Labute approximate surface area is 174 Å². The van der Waals surface area contributed by atoms with Gasteiger partial charge in [-0.05, 0) is 51.0 Å². The molecule has 0 aliphatic heterocycles. The summed E-state index contributed by atoms with van der Waals surface area (Å²) in [7, 11) is 0. The Morgan fingerprint density at radius 1 is 1.19 bits per heavy atom. The maximum atomic E-state index is 13.4. The molecule has 11 heteroatoms. The van der Waals surface area contributed by atoms with E-state index in [4.69, 9.17) is 0 Å². The molecule has 2 heterocycles. The predicted octanol–water partition coefficient (Wildman–Crippen LogP) is 3.61.